The van der Waals surface area contributed by atoms with Crippen molar-refractivity contribution in [1.29, 1.82) is 0 Å². The molecule has 1 heterocycles. The van der Waals surface area contributed by atoms with Crippen LogP contribution in [0.1, 0.15) is 31.1 Å². The van der Waals surface area contributed by atoms with Gasteiger partial charge in [-0.15, -0.1) is 0 Å². The number of aromatic nitrogens is 2. The van der Waals surface area contributed by atoms with Crippen LogP contribution in [0.4, 0.5) is 5.82 Å². The highest BCUT2D eigenvalue weighted by Crippen LogP contribution is 2.18. The highest BCUT2D eigenvalue weighted by atomic mass is 32.2. The van der Waals surface area contributed by atoms with Gasteiger partial charge in [0.2, 0.25) is 0 Å². The van der Waals surface area contributed by atoms with Gasteiger partial charge in [0.05, 0.1) is 5.56 Å². The molecule has 1 aromatic rings. The molecule has 94 valence electrons. The van der Waals surface area contributed by atoms with Crippen LogP contribution in [-0.4, -0.2) is 28.2 Å². The minimum atomic E-state index is -0.517. The smallest absolute Gasteiger partial charge is 0.254 e. The zero-order valence-electron chi connectivity index (χ0n) is 10.5. The molecule has 0 unspecified atom stereocenters. The minimum absolute atomic E-state index is 0.206. The second-order valence-corrected chi connectivity index (χ2v) is 4.93. The number of hydrogen-bond acceptors (Lipinski definition) is 5. The maximum absolute atomic E-state index is 11.3. The van der Waals surface area contributed by atoms with Gasteiger partial charge >= 0.3 is 0 Å². The lowest BCUT2D eigenvalue weighted by molar-refractivity contribution is 0.1000. The molecule has 0 spiro atoms. The average molecular weight is 254 g/mol. The van der Waals surface area contributed by atoms with Gasteiger partial charge in [-0.3, -0.25) is 4.79 Å². The van der Waals surface area contributed by atoms with Crippen LogP contribution in [0.25, 0.3) is 0 Å². The highest BCUT2D eigenvalue weighted by Gasteiger charge is 2.15. The summed E-state index contributed by atoms with van der Waals surface area (Å²) in [5.41, 5.74) is 5.62. The molecule has 0 aliphatic carbocycles. The summed E-state index contributed by atoms with van der Waals surface area (Å²) in [4.78, 5) is 19.6. The molecule has 17 heavy (non-hydrogen) atoms. The van der Waals surface area contributed by atoms with Gasteiger partial charge < -0.3 is 11.1 Å². The van der Waals surface area contributed by atoms with Crippen molar-refractivity contribution in [2.24, 2.45) is 11.7 Å². The maximum atomic E-state index is 11.3. The lowest BCUT2D eigenvalue weighted by Crippen LogP contribution is -2.25. The van der Waals surface area contributed by atoms with E-state index in [2.05, 4.69) is 29.1 Å². The second kappa shape index (κ2) is 5.86. The Labute approximate surface area is 106 Å². The standard InChI is InChI=1S/C11H18N4OS/c1-6(2)7(3)14-10-8(9(12)16)5-13-11(15-10)17-4/h5-7H,1-4H3,(H2,12,16)(H,13,14,15)/t7-/m1/s1. The van der Waals surface area contributed by atoms with Gasteiger partial charge in [0.15, 0.2) is 5.16 Å². The lowest BCUT2D eigenvalue weighted by atomic mass is 10.1. The Kier molecular flexibility index (Phi) is 4.74. The number of nitrogens with two attached hydrogens (primary N) is 1. The minimum Gasteiger partial charge on any atom is -0.367 e. The number of primary amides is 1. The summed E-state index contributed by atoms with van der Waals surface area (Å²) < 4.78 is 0. The third kappa shape index (κ3) is 3.59. The van der Waals surface area contributed by atoms with Gasteiger partial charge in [-0.05, 0) is 19.1 Å². The van der Waals surface area contributed by atoms with Crippen molar-refractivity contribution in [2.45, 2.75) is 32.0 Å². The number of anilines is 1. The molecule has 5 nitrogen and oxygen atoms in total. The molecule has 1 rings (SSSR count). The fraction of sp³-hybridized carbons (Fsp3) is 0.545. The molecule has 1 amide bonds. The van der Waals surface area contributed by atoms with E-state index in [0.29, 0.717) is 22.5 Å². The molecule has 0 saturated carbocycles. The van der Waals surface area contributed by atoms with E-state index in [9.17, 15) is 4.79 Å². The molecular weight excluding hydrogens is 236 g/mol. The van der Waals surface area contributed by atoms with E-state index in [1.165, 1.54) is 18.0 Å². The van der Waals surface area contributed by atoms with Crippen LogP contribution >= 0.6 is 11.8 Å². The number of rotatable bonds is 5. The van der Waals surface area contributed by atoms with Crippen molar-refractivity contribution < 1.29 is 4.79 Å². The summed E-state index contributed by atoms with van der Waals surface area (Å²) in [6.45, 7) is 6.23. The molecule has 0 saturated heterocycles. The number of carbonyl (C=O) groups excluding carboxylic acids is 1. The molecular formula is C11H18N4OS. The van der Waals surface area contributed by atoms with Crippen LogP contribution in [0.15, 0.2) is 11.4 Å². The van der Waals surface area contributed by atoms with Crippen molar-refractivity contribution in [3.05, 3.63) is 11.8 Å². The Bertz CT molecular complexity index is 408. The van der Waals surface area contributed by atoms with Gasteiger partial charge in [-0.25, -0.2) is 9.97 Å². The van der Waals surface area contributed by atoms with Crippen molar-refractivity contribution in [2.75, 3.05) is 11.6 Å². The zero-order chi connectivity index (χ0) is 13.0. The van der Waals surface area contributed by atoms with Crippen molar-refractivity contribution in [3.63, 3.8) is 0 Å². The van der Waals surface area contributed by atoms with Crippen LogP contribution in [-0.2, 0) is 0 Å². The number of hydrogen-bond donors (Lipinski definition) is 2. The summed E-state index contributed by atoms with van der Waals surface area (Å²) in [7, 11) is 0. The number of nitrogens with zero attached hydrogens (tertiary/aromatic N) is 2. The van der Waals surface area contributed by atoms with E-state index in [-0.39, 0.29) is 6.04 Å². The Morgan fingerprint density at radius 3 is 2.59 bits per heavy atom. The van der Waals surface area contributed by atoms with Crippen LogP contribution in [0.3, 0.4) is 0 Å². The Balaban J connectivity index is 3.05. The summed E-state index contributed by atoms with van der Waals surface area (Å²) in [6.07, 6.45) is 3.35. The Morgan fingerprint density at radius 1 is 1.47 bits per heavy atom. The topological polar surface area (TPSA) is 80.9 Å². The molecule has 0 bridgehead atoms. The quantitative estimate of drug-likeness (QED) is 0.618. The molecule has 0 aliphatic heterocycles. The molecule has 6 heteroatoms. The SMILES string of the molecule is CSc1ncc(C(N)=O)c(N[C@H](C)C(C)C)n1. The van der Waals surface area contributed by atoms with Gasteiger partial charge in [0, 0.05) is 12.2 Å². The number of amides is 1. The first-order valence-electron chi connectivity index (χ1n) is 5.43. The highest BCUT2D eigenvalue weighted by molar-refractivity contribution is 7.98. The van der Waals surface area contributed by atoms with Crippen LogP contribution in [0.2, 0.25) is 0 Å². The molecule has 0 fully saturated rings. The molecule has 0 radical (unpaired) electrons. The summed E-state index contributed by atoms with van der Waals surface area (Å²) in [5, 5.41) is 3.82. The second-order valence-electron chi connectivity index (χ2n) is 4.16. The van der Waals surface area contributed by atoms with Crippen LogP contribution in [0.5, 0.6) is 0 Å². The largest absolute Gasteiger partial charge is 0.367 e. The van der Waals surface area contributed by atoms with E-state index >= 15 is 0 Å². The zero-order valence-corrected chi connectivity index (χ0v) is 11.3. The van der Waals surface area contributed by atoms with Gasteiger partial charge in [0.1, 0.15) is 5.82 Å². The fourth-order valence-electron chi connectivity index (χ4n) is 1.14. The normalized spacial score (nSPS) is 12.5. The van der Waals surface area contributed by atoms with E-state index in [1.54, 1.807) is 0 Å². The predicted octanol–water partition coefficient (Wildman–Crippen LogP) is 1.75. The first kappa shape index (κ1) is 13.8. The van der Waals surface area contributed by atoms with E-state index in [1.807, 2.05) is 13.2 Å². The lowest BCUT2D eigenvalue weighted by Gasteiger charge is -2.19. The number of thioether (sulfide) groups is 1. The van der Waals surface area contributed by atoms with Crippen molar-refractivity contribution in [1.82, 2.24) is 9.97 Å². The number of carbonyl (C=O) groups is 1. The predicted molar refractivity (Wildman–Crippen MR) is 70.3 cm³/mol. The molecule has 0 aliphatic rings. The first-order valence-corrected chi connectivity index (χ1v) is 6.65. The Hall–Kier alpha value is -1.30. The molecule has 3 N–H and O–H groups in total. The van der Waals surface area contributed by atoms with E-state index in [4.69, 9.17) is 5.73 Å². The summed E-state index contributed by atoms with van der Waals surface area (Å²) in [6, 6.07) is 0.206. The van der Waals surface area contributed by atoms with Gasteiger partial charge in [-0.2, -0.15) is 0 Å². The van der Waals surface area contributed by atoms with Crippen molar-refractivity contribution in [3.8, 4) is 0 Å². The van der Waals surface area contributed by atoms with Crippen LogP contribution < -0.4 is 11.1 Å². The molecule has 1 atom stereocenters. The van der Waals surface area contributed by atoms with E-state index in [0.717, 1.165) is 0 Å². The summed E-state index contributed by atoms with van der Waals surface area (Å²) in [5.74, 6) is 0.428. The van der Waals surface area contributed by atoms with Gasteiger partial charge in [0.25, 0.3) is 5.91 Å². The first-order chi connectivity index (χ1) is 7.95. The van der Waals surface area contributed by atoms with Gasteiger partial charge in [-0.1, -0.05) is 25.6 Å². The molecule has 0 aromatic carbocycles. The fourth-order valence-corrected chi connectivity index (χ4v) is 1.48. The maximum Gasteiger partial charge on any atom is 0.254 e. The van der Waals surface area contributed by atoms with Crippen molar-refractivity contribution >= 4 is 23.5 Å². The third-order valence-electron chi connectivity index (χ3n) is 2.58. The number of nitrogens with one attached hydrogen (secondary N) is 1. The Morgan fingerprint density at radius 2 is 2.12 bits per heavy atom. The molecule has 1 aromatic heterocycles. The summed E-state index contributed by atoms with van der Waals surface area (Å²) >= 11 is 1.42. The average Bonchev–Trinajstić information content (AvgIpc) is 2.28. The third-order valence-corrected chi connectivity index (χ3v) is 3.14. The van der Waals surface area contributed by atoms with Crippen LogP contribution in [0, 0.1) is 5.92 Å². The van der Waals surface area contributed by atoms with E-state index < -0.39 is 5.91 Å². The monoisotopic (exact) mass is 254 g/mol.